The zero-order chi connectivity index (χ0) is 20.7. The normalized spacial score (nSPS) is 22.9. The van der Waals surface area contributed by atoms with E-state index in [9.17, 15) is 4.79 Å². The van der Waals surface area contributed by atoms with Gasteiger partial charge >= 0.3 is 0 Å². The second-order valence-corrected chi connectivity index (χ2v) is 9.36. The van der Waals surface area contributed by atoms with Gasteiger partial charge in [0.2, 0.25) is 0 Å². The Labute approximate surface area is 178 Å². The molecule has 1 N–H and O–H groups in total. The first-order valence-corrected chi connectivity index (χ1v) is 11.7. The van der Waals surface area contributed by atoms with Gasteiger partial charge in [-0.25, -0.2) is 4.52 Å². The van der Waals surface area contributed by atoms with Crippen molar-refractivity contribution in [3.63, 3.8) is 0 Å². The molecule has 3 aliphatic heterocycles. The monoisotopic (exact) mass is 422 g/mol. The van der Waals surface area contributed by atoms with Crippen LogP contribution < -0.4 is 5.32 Å². The Morgan fingerprint density at radius 1 is 1.30 bits per heavy atom. The quantitative estimate of drug-likeness (QED) is 0.770. The van der Waals surface area contributed by atoms with Gasteiger partial charge in [0, 0.05) is 37.2 Å². The fraction of sp³-hybridized carbons (Fsp3) is 0.409. The molecule has 3 aliphatic rings. The van der Waals surface area contributed by atoms with E-state index in [1.807, 2.05) is 28.7 Å². The van der Waals surface area contributed by atoms with E-state index in [2.05, 4.69) is 40.3 Å². The third-order valence-electron chi connectivity index (χ3n) is 5.81. The van der Waals surface area contributed by atoms with Crippen LogP contribution in [0, 0.1) is 6.92 Å². The minimum Gasteiger partial charge on any atom is -0.369 e. The standard InChI is InChI=1S/C22H27N6OP/c1-3-17-19-11-18(25-28(19)13-15(2)24-17)20-12-21(29)27-14-16(5-6-22(27)30-20)26-9-4-7-23-8-10-26/h5-6,11-14,22-23,30H,3-4,7-10H2,1-2H3. The number of rotatable bonds is 3. The summed E-state index contributed by atoms with van der Waals surface area (Å²) >= 11 is 0. The molecular weight excluding hydrogens is 395 g/mol. The summed E-state index contributed by atoms with van der Waals surface area (Å²) in [7, 11) is 0.470. The number of hydrogen-bond donors (Lipinski definition) is 1. The molecule has 0 saturated carbocycles. The average Bonchev–Trinajstić information content (AvgIpc) is 2.99. The van der Waals surface area contributed by atoms with Crippen molar-refractivity contribution in [2.45, 2.75) is 32.5 Å². The molecule has 156 valence electrons. The number of carbonyl (C=O) groups is 1. The first kappa shape index (κ1) is 19.5. The third kappa shape index (κ3) is 3.57. The molecule has 30 heavy (non-hydrogen) atoms. The summed E-state index contributed by atoms with van der Waals surface area (Å²) in [5.41, 5.74) is 5.03. The van der Waals surface area contributed by atoms with Crippen LogP contribution in [0.15, 0.2) is 42.4 Å². The molecule has 1 amide bonds. The van der Waals surface area contributed by atoms with Crippen LogP contribution in [0.4, 0.5) is 0 Å². The smallest absolute Gasteiger partial charge is 0.252 e. The summed E-state index contributed by atoms with van der Waals surface area (Å²) in [6.45, 7) is 8.12. The Hall–Kier alpha value is -2.50. The lowest BCUT2D eigenvalue weighted by molar-refractivity contribution is -0.123. The zero-order valence-electron chi connectivity index (χ0n) is 17.4. The van der Waals surface area contributed by atoms with Gasteiger partial charge < -0.3 is 15.1 Å². The third-order valence-corrected chi connectivity index (χ3v) is 7.29. The van der Waals surface area contributed by atoms with Crippen LogP contribution in [0.25, 0.3) is 10.8 Å². The summed E-state index contributed by atoms with van der Waals surface area (Å²) in [6.07, 6.45) is 12.1. The molecule has 7 nitrogen and oxygen atoms in total. The highest BCUT2D eigenvalue weighted by atomic mass is 31.1. The highest BCUT2D eigenvalue weighted by molar-refractivity contribution is 7.51. The van der Waals surface area contributed by atoms with Gasteiger partial charge in [-0.2, -0.15) is 5.10 Å². The van der Waals surface area contributed by atoms with Gasteiger partial charge in [-0.3, -0.25) is 9.78 Å². The maximum Gasteiger partial charge on any atom is 0.252 e. The number of hydrogen-bond acceptors (Lipinski definition) is 5. The van der Waals surface area contributed by atoms with Gasteiger partial charge in [0.15, 0.2) is 0 Å². The van der Waals surface area contributed by atoms with Crippen LogP contribution in [-0.2, 0) is 11.2 Å². The minimum atomic E-state index is 0.0330. The summed E-state index contributed by atoms with van der Waals surface area (Å²) in [5.74, 6) is 0.104. The SMILES string of the molecule is CCc1nc(C)cn2nc(C3=CC(=O)N4C=C(N5CCCNCC5)C=CC4P3)cc12. The molecule has 0 aliphatic carbocycles. The minimum absolute atomic E-state index is 0.0330. The topological polar surface area (TPSA) is 65.8 Å². The summed E-state index contributed by atoms with van der Waals surface area (Å²) in [5, 5.41) is 9.22. The van der Waals surface area contributed by atoms with Gasteiger partial charge in [0.1, 0.15) is 0 Å². The Morgan fingerprint density at radius 2 is 2.20 bits per heavy atom. The van der Waals surface area contributed by atoms with Crippen LogP contribution in [0.2, 0.25) is 0 Å². The van der Waals surface area contributed by atoms with E-state index in [1.165, 1.54) is 0 Å². The van der Waals surface area contributed by atoms with Crippen LogP contribution in [0.5, 0.6) is 0 Å². The number of allylic oxidation sites excluding steroid dienone is 1. The lowest BCUT2D eigenvalue weighted by Crippen LogP contribution is -2.38. The number of carbonyl (C=O) groups excluding carboxylic acids is 1. The molecule has 0 bridgehead atoms. The van der Waals surface area contributed by atoms with Crippen molar-refractivity contribution in [2.24, 2.45) is 0 Å². The molecule has 5 rings (SSSR count). The maximum atomic E-state index is 13.0. The van der Waals surface area contributed by atoms with Crippen LogP contribution in [-0.4, -0.2) is 62.3 Å². The lowest BCUT2D eigenvalue weighted by Gasteiger charge is -2.36. The van der Waals surface area contributed by atoms with Crippen molar-refractivity contribution in [2.75, 3.05) is 26.2 Å². The number of aryl methyl sites for hydroxylation is 2. The second kappa shape index (κ2) is 7.97. The number of nitrogens with zero attached hydrogens (tertiary/aromatic N) is 5. The number of fused-ring (bicyclic) bond motifs is 2. The maximum absolute atomic E-state index is 13.0. The van der Waals surface area contributed by atoms with Crippen LogP contribution >= 0.6 is 8.58 Å². The summed E-state index contributed by atoms with van der Waals surface area (Å²) in [4.78, 5) is 21.9. The summed E-state index contributed by atoms with van der Waals surface area (Å²) < 4.78 is 1.90. The molecular formula is C22H27N6OP. The first-order valence-electron chi connectivity index (χ1n) is 10.6. The molecule has 1 fully saturated rings. The molecule has 1 saturated heterocycles. The average molecular weight is 422 g/mol. The van der Waals surface area contributed by atoms with Crippen LogP contribution in [0.3, 0.4) is 0 Å². The number of nitrogens with one attached hydrogen (secondary N) is 1. The van der Waals surface area contributed by atoms with Gasteiger partial charge in [0.05, 0.1) is 40.3 Å². The second-order valence-electron chi connectivity index (χ2n) is 7.94. The largest absolute Gasteiger partial charge is 0.369 e. The molecule has 2 atom stereocenters. The van der Waals surface area contributed by atoms with Gasteiger partial charge in [0.25, 0.3) is 5.91 Å². The number of aromatic nitrogens is 3. The van der Waals surface area contributed by atoms with E-state index < -0.39 is 0 Å². The van der Waals surface area contributed by atoms with Crippen LogP contribution in [0.1, 0.15) is 30.4 Å². The molecule has 0 radical (unpaired) electrons. The molecule has 2 aromatic heterocycles. The van der Waals surface area contributed by atoms with E-state index in [1.54, 1.807) is 6.08 Å². The Morgan fingerprint density at radius 3 is 3.07 bits per heavy atom. The van der Waals surface area contributed by atoms with Crippen molar-refractivity contribution in [3.8, 4) is 0 Å². The fourth-order valence-corrected chi connectivity index (χ4v) is 5.61. The molecule has 5 heterocycles. The molecule has 8 heteroatoms. The Balaban J connectivity index is 1.43. The Bertz CT molecular complexity index is 1080. The summed E-state index contributed by atoms with van der Waals surface area (Å²) in [6, 6.07) is 2.07. The fourth-order valence-electron chi connectivity index (χ4n) is 4.28. The first-order chi connectivity index (χ1) is 14.6. The van der Waals surface area contributed by atoms with Crippen molar-refractivity contribution in [1.29, 1.82) is 0 Å². The molecule has 2 aromatic rings. The highest BCUT2D eigenvalue weighted by Gasteiger charge is 2.30. The van der Waals surface area contributed by atoms with Crippen molar-refractivity contribution < 1.29 is 4.79 Å². The predicted molar refractivity (Wildman–Crippen MR) is 120 cm³/mol. The van der Waals surface area contributed by atoms with E-state index in [-0.39, 0.29) is 11.7 Å². The molecule has 0 aromatic carbocycles. The zero-order valence-corrected chi connectivity index (χ0v) is 18.4. The van der Waals surface area contributed by atoms with Gasteiger partial charge in [-0.05, 0) is 38.5 Å². The van der Waals surface area contributed by atoms with E-state index in [0.29, 0.717) is 8.58 Å². The lowest BCUT2D eigenvalue weighted by atomic mass is 10.2. The van der Waals surface area contributed by atoms with E-state index >= 15 is 0 Å². The van der Waals surface area contributed by atoms with Gasteiger partial charge in [-0.1, -0.05) is 21.6 Å². The van der Waals surface area contributed by atoms with E-state index in [4.69, 9.17) is 5.10 Å². The van der Waals surface area contributed by atoms with Crippen molar-refractivity contribution >= 4 is 25.3 Å². The van der Waals surface area contributed by atoms with Crippen molar-refractivity contribution in [1.82, 2.24) is 29.7 Å². The van der Waals surface area contributed by atoms with E-state index in [0.717, 1.165) is 72.6 Å². The molecule has 0 spiro atoms. The number of amides is 1. The molecule has 2 unspecified atom stereocenters. The predicted octanol–water partition coefficient (Wildman–Crippen LogP) is 2.49. The van der Waals surface area contributed by atoms with Crippen molar-refractivity contribution in [3.05, 3.63) is 59.5 Å². The van der Waals surface area contributed by atoms with Gasteiger partial charge in [-0.15, -0.1) is 0 Å². The Kier molecular flexibility index (Phi) is 5.17. The highest BCUT2D eigenvalue weighted by Crippen LogP contribution is 2.44.